The molecule has 0 saturated heterocycles. The maximum Gasteiger partial charge on any atom is 0.302 e. The van der Waals surface area contributed by atoms with Crippen LogP contribution >= 0.6 is 0 Å². The molecule has 0 saturated carbocycles. The molecule has 234 valence electrons. The molecule has 0 fully saturated rings. The number of esters is 1. The summed E-state index contributed by atoms with van der Waals surface area (Å²) in [6.45, 7) is 10.0. The number of hydrogen-bond acceptors (Lipinski definition) is 9. The molecule has 1 aliphatic rings. The van der Waals surface area contributed by atoms with Crippen molar-refractivity contribution >= 4 is 5.97 Å². The second kappa shape index (κ2) is 16.3. The number of hydrogen-bond donors (Lipinski definition) is 0. The molecule has 3 unspecified atom stereocenters. The van der Waals surface area contributed by atoms with E-state index in [4.69, 9.17) is 37.9 Å². The first kappa shape index (κ1) is 33.2. The normalized spacial score (nSPS) is 17.7. The summed E-state index contributed by atoms with van der Waals surface area (Å²) < 4.78 is 47.6. The highest BCUT2D eigenvalue weighted by Crippen LogP contribution is 2.55. The third-order valence-electron chi connectivity index (χ3n) is 7.48. The van der Waals surface area contributed by atoms with Crippen molar-refractivity contribution < 1.29 is 42.7 Å². The lowest BCUT2D eigenvalue weighted by molar-refractivity contribution is -0.143. The lowest BCUT2D eigenvalue weighted by atomic mass is 9.66. The van der Waals surface area contributed by atoms with Gasteiger partial charge >= 0.3 is 5.97 Å². The van der Waals surface area contributed by atoms with E-state index in [1.807, 2.05) is 25.1 Å². The fourth-order valence-electron chi connectivity index (χ4n) is 5.65. The van der Waals surface area contributed by atoms with Gasteiger partial charge in [-0.1, -0.05) is 20.8 Å². The van der Waals surface area contributed by atoms with Gasteiger partial charge in [0.25, 0.3) is 0 Å². The van der Waals surface area contributed by atoms with E-state index in [1.54, 1.807) is 28.4 Å². The minimum atomic E-state index is -0.333. The van der Waals surface area contributed by atoms with Crippen molar-refractivity contribution in [2.45, 2.75) is 59.3 Å². The van der Waals surface area contributed by atoms with Gasteiger partial charge in [0.2, 0.25) is 11.5 Å². The molecule has 9 nitrogen and oxygen atoms in total. The minimum Gasteiger partial charge on any atom is -0.493 e. The molecule has 1 aliphatic carbocycles. The molecule has 0 spiro atoms. The number of rotatable bonds is 17. The molecule has 42 heavy (non-hydrogen) atoms. The summed E-state index contributed by atoms with van der Waals surface area (Å²) in [5.41, 5.74) is 2.93. The fraction of sp³-hybridized carbons (Fsp3) is 0.606. The number of carbonyl (C=O) groups excluding carboxylic acids is 1. The van der Waals surface area contributed by atoms with Crippen LogP contribution in [-0.4, -0.2) is 67.4 Å². The molecule has 9 heteroatoms. The fourth-order valence-corrected chi connectivity index (χ4v) is 5.65. The highest BCUT2D eigenvalue weighted by atomic mass is 16.5. The maximum absolute atomic E-state index is 12.1. The van der Waals surface area contributed by atoms with Gasteiger partial charge in [-0.05, 0) is 60.9 Å². The zero-order valence-corrected chi connectivity index (χ0v) is 26.5. The number of fused-ring (bicyclic) bond motifs is 1. The van der Waals surface area contributed by atoms with E-state index < -0.39 is 0 Å². The molecule has 0 heterocycles. The topological polar surface area (TPSA) is 90.9 Å². The van der Waals surface area contributed by atoms with Crippen LogP contribution in [0.2, 0.25) is 0 Å². The third-order valence-corrected chi connectivity index (χ3v) is 7.48. The quantitative estimate of drug-likeness (QED) is 0.158. The number of ether oxygens (including phenoxy) is 8. The van der Waals surface area contributed by atoms with Gasteiger partial charge in [0.15, 0.2) is 23.0 Å². The van der Waals surface area contributed by atoms with E-state index in [2.05, 4.69) is 13.8 Å². The summed E-state index contributed by atoms with van der Waals surface area (Å²) in [4.78, 5) is 12.1. The van der Waals surface area contributed by atoms with Crippen molar-refractivity contribution in [3.05, 3.63) is 34.9 Å². The SMILES string of the molecule is CCCOCC1Cc2cc(OC)c(OCCC)c(OC)c2C(c2cc(OC)c(OCCC)c(OC)c2)C1COC(C)=O. The molecule has 0 aliphatic heterocycles. The van der Waals surface area contributed by atoms with Crippen LogP contribution in [0.1, 0.15) is 69.6 Å². The Labute approximate surface area is 250 Å². The van der Waals surface area contributed by atoms with Gasteiger partial charge in [0.1, 0.15) is 0 Å². The van der Waals surface area contributed by atoms with Crippen LogP contribution in [0.15, 0.2) is 18.2 Å². The second-order valence-corrected chi connectivity index (χ2v) is 10.4. The van der Waals surface area contributed by atoms with E-state index in [0.717, 1.165) is 36.0 Å². The molecule has 0 N–H and O–H groups in total. The van der Waals surface area contributed by atoms with Crippen molar-refractivity contribution in [3.8, 4) is 34.5 Å². The first-order chi connectivity index (χ1) is 20.4. The lowest BCUT2D eigenvalue weighted by Crippen LogP contribution is -2.37. The number of methoxy groups -OCH3 is 4. The van der Waals surface area contributed by atoms with Gasteiger partial charge in [0, 0.05) is 30.9 Å². The Morgan fingerprint density at radius 2 is 1.31 bits per heavy atom. The minimum absolute atomic E-state index is 0.0400. The van der Waals surface area contributed by atoms with Crippen LogP contribution in [0.25, 0.3) is 0 Å². The summed E-state index contributed by atoms with van der Waals surface area (Å²) in [6.07, 6.45) is 3.27. The smallest absolute Gasteiger partial charge is 0.302 e. The third kappa shape index (κ3) is 7.54. The average molecular weight is 589 g/mol. The predicted octanol–water partition coefficient (Wildman–Crippen LogP) is 6.21. The Bertz CT molecular complexity index is 1140. The molecule has 2 aromatic rings. The van der Waals surface area contributed by atoms with Gasteiger partial charge < -0.3 is 37.9 Å². The van der Waals surface area contributed by atoms with E-state index in [-0.39, 0.29) is 30.3 Å². The van der Waals surface area contributed by atoms with Gasteiger partial charge in [0.05, 0.1) is 54.9 Å². The highest BCUT2D eigenvalue weighted by Gasteiger charge is 2.43. The van der Waals surface area contributed by atoms with Crippen LogP contribution in [0.4, 0.5) is 0 Å². The summed E-state index contributed by atoms with van der Waals surface area (Å²) in [6, 6.07) is 6.00. The molecule has 0 amide bonds. The number of carbonyl (C=O) groups is 1. The van der Waals surface area contributed by atoms with Gasteiger partial charge in [-0.2, -0.15) is 0 Å². The average Bonchev–Trinajstić information content (AvgIpc) is 3.00. The standard InChI is InChI=1S/C33H48O9/c1-9-12-39-19-24-15-22-16-28(37-7)32(41-14-11-3)33(38-8)30(22)29(25(24)20-42-21(4)34)23-17-26(35-5)31(40-13-10-2)27(18-23)36-6/h16-18,24-25,29H,9-15,19-20H2,1-8H3. The monoisotopic (exact) mass is 588 g/mol. The summed E-state index contributed by atoms with van der Waals surface area (Å²) in [7, 11) is 6.51. The molecule has 3 rings (SSSR count). The molecule has 3 atom stereocenters. The van der Waals surface area contributed by atoms with Crippen molar-refractivity contribution in [1.29, 1.82) is 0 Å². The van der Waals surface area contributed by atoms with E-state index in [1.165, 1.54) is 6.92 Å². The molecular formula is C33H48O9. The zero-order chi connectivity index (χ0) is 30.6. The van der Waals surface area contributed by atoms with Gasteiger partial charge in [-0.3, -0.25) is 4.79 Å². The van der Waals surface area contributed by atoms with Gasteiger partial charge in [-0.15, -0.1) is 0 Å². The molecule has 0 aromatic heterocycles. The summed E-state index contributed by atoms with van der Waals surface area (Å²) in [5.74, 6) is 2.73. The highest BCUT2D eigenvalue weighted by molar-refractivity contribution is 5.66. The molecule has 0 radical (unpaired) electrons. The van der Waals surface area contributed by atoms with Crippen molar-refractivity contribution in [1.82, 2.24) is 0 Å². The zero-order valence-electron chi connectivity index (χ0n) is 26.5. The Morgan fingerprint density at radius 1 is 0.738 bits per heavy atom. The lowest BCUT2D eigenvalue weighted by Gasteiger charge is -2.41. The van der Waals surface area contributed by atoms with Crippen molar-refractivity contribution in [2.75, 3.05) is 61.5 Å². The van der Waals surface area contributed by atoms with Crippen LogP contribution in [0.3, 0.4) is 0 Å². The van der Waals surface area contributed by atoms with Crippen LogP contribution in [0.5, 0.6) is 34.5 Å². The first-order valence-electron chi connectivity index (χ1n) is 14.9. The van der Waals surface area contributed by atoms with Crippen LogP contribution in [0, 0.1) is 11.8 Å². The molecular weight excluding hydrogens is 540 g/mol. The van der Waals surface area contributed by atoms with E-state index in [0.29, 0.717) is 67.3 Å². The molecule has 0 bridgehead atoms. The Morgan fingerprint density at radius 3 is 1.83 bits per heavy atom. The Hall–Kier alpha value is -3.33. The van der Waals surface area contributed by atoms with Crippen LogP contribution < -0.4 is 28.4 Å². The van der Waals surface area contributed by atoms with Gasteiger partial charge in [-0.25, -0.2) is 0 Å². The van der Waals surface area contributed by atoms with E-state index in [9.17, 15) is 4.79 Å². The first-order valence-corrected chi connectivity index (χ1v) is 14.9. The van der Waals surface area contributed by atoms with Crippen LogP contribution in [-0.2, 0) is 20.7 Å². The Kier molecular flexibility index (Phi) is 12.9. The Balaban J connectivity index is 2.34. The van der Waals surface area contributed by atoms with Crippen molar-refractivity contribution in [2.24, 2.45) is 11.8 Å². The van der Waals surface area contributed by atoms with Crippen molar-refractivity contribution in [3.63, 3.8) is 0 Å². The predicted molar refractivity (Wildman–Crippen MR) is 161 cm³/mol. The van der Waals surface area contributed by atoms with E-state index >= 15 is 0 Å². The molecule has 2 aromatic carbocycles. The largest absolute Gasteiger partial charge is 0.493 e. The number of benzene rings is 2. The maximum atomic E-state index is 12.1. The second-order valence-electron chi connectivity index (χ2n) is 10.4. The summed E-state index contributed by atoms with van der Waals surface area (Å²) >= 11 is 0. The summed E-state index contributed by atoms with van der Waals surface area (Å²) in [5, 5.41) is 0.